The van der Waals surface area contributed by atoms with Crippen LogP contribution in [0.25, 0.3) is 0 Å². The number of aromatic nitrogens is 1. The summed E-state index contributed by atoms with van der Waals surface area (Å²) in [6.07, 6.45) is 4.10. The van der Waals surface area contributed by atoms with Crippen molar-refractivity contribution in [1.82, 2.24) is 4.98 Å². The topological polar surface area (TPSA) is 76.2 Å². The van der Waals surface area contributed by atoms with Crippen molar-refractivity contribution in [2.75, 3.05) is 0 Å². The van der Waals surface area contributed by atoms with Crippen molar-refractivity contribution in [3.63, 3.8) is 0 Å². The molecule has 19 heavy (non-hydrogen) atoms. The third-order valence-corrected chi connectivity index (χ3v) is 5.13. The van der Waals surface area contributed by atoms with Crippen LogP contribution in [0.3, 0.4) is 0 Å². The van der Waals surface area contributed by atoms with Gasteiger partial charge in [0.05, 0.1) is 11.2 Å². The minimum atomic E-state index is -0.889. The SMILES string of the molecule is CC1CCCC(N)(c2nc(C(C)C)c(C(=O)O)s2)C1. The zero-order valence-electron chi connectivity index (χ0n) is 11.8. The predicted molar refractivity (Wildman–Crippen MR) is 76.7 cm³/mol. The first-order chi connectivity index (χ1) is 8.83. The van der Waals surface area contributed by atoms with Crippen LogP contribution in [0, 0.1) is 5.92 Å². The Kier molecular flexibility index (Phi) is 3.97. The first kappa shape index (κ1) is 14.5. The molecule has 5 heteroatoms. The minimum absolute atomic E-state index is 0.112. The van der Waals surface area contributed by atoms with Crippen LogP contribution in [0.5, 0.6) is 0 Å². The van der Waals surface area contributed by atoms with Gasteiger partial charge in [-0.1, -0.05) is 33.6 Å². The Morgan fingerprint density at radius 3 is 2.74 bits per heavy atom. The highest BCUT2D eigenvalue weighted by Gasteiger charge is 2.37. The summed E-state index contributed by atoms with van der Waals surface area (Å²) in [7, 11) is 0. The van der Waals surface area contributed by atoms with Gasteiger partial charge in [-0.25, -0.2) is 9.78 Å². The number of aromatic carboxylic acids is 1. The first-order valence-electron chi connectivity index (χ1n) is 6.87. The van der Waals surface area contributed by atoms with Crippen LogP contribution in [0.4, 0.5) is 0 Å². The summed E-state index contributed by atoms with van der Waals surface area (Å²) in [6, 6.07) is 0. The van der Waals surface area contributed by atoms with Crippen LogP contribution in [-0.4, -0.2) is 16.1 Å². The molecule has 2 atom stereocenters. The maximum absolute atomic E-state index is 11.3. The van der Waals surface area contributed by atoms with Crippen LogP contribution in [-0.2, 0) is 5.54 Å². The van der Waals surface area contributed by atoms with Crippen molar-refractivity contribution in [3.05, 3.63) is 15.6 Å². The summed E-state index contributed by atoms with van der Waals surface area (Å²) >= 11 is 1.27. The zero-order valence-corrected chi connectivity index (χ0v) is 12.6. The van der Waals surface area contributed by atoms with Crippen molar-refractivity contribution < 1.29 is 9.90 Å². The molecule has 0 saturated heterocycles. The van der Waals surface area contributed by atoms with Crippen LogP contribution in [0.1, 0.15) is 72.7 Å². The lowest BCUT2D eigenvalue weighted by atomic mass is 9.77. The molecular formula is C14H22N2O2S. The molecule has 0 spiro atoms. The van der Waals surface area contributed by atoms with Crippen molar-refractivity contribution in [2.45, 2.75) is 57.9 Å². The maximum atomic E-state index is 11.3. The first-order valence-corrected chi connectivity index (χ1v) is 7.68. The second-order valence-electron chi connectivity index (χ2n) is 6.05. The van der Waals surface area contributed by atoms with E-state index in [4.69, 9.17) is 5.73 Å². The van der Waals surface area contributed by atoms with Crippen LogP contribution in [0.2, 0.25) is 0 Å². The Hall–Kier alpha value is -0.940. The number of thiazole rings is 1. The van der Waals surface area contributed by atoms with Gasteiger partial charge in [0.25, 0.3) is 0 Å². The highest BCUT2D eigenvalue weighted by atomic mass is 32.1. The fraction of sp³-hybridized carbons (Fsp3) is 0.714. The van der Waals surface area contributed by atoms with E-state index in [9.17, 15) is 9.90 Å². The Balaban J connectivity index is 2.40. The average molecular weight is 282 g/mol. The number of carbonyl (C=O) groups is 1. The highest BCUT2D eigenvalue weighted by molar-refractivity contribution is 7.13. The fourth-order valence-corrected chi connectivity index (χ4v) is 4.07. The molecule has 1 saturated carbocycles. The van der Waals surface area contributed by atoms with Gasteiger partial charge in [-0.15, -0.1) is 11.3 Å². The second kappa shape index (κ2) is 5.21. The minimum Gasteiger partial charge on any atom is -0.477 e. The molecule has 1 fully saturated rings. The van der Waals surface area contributed by atoms with Crippen molar-refractivity contribution in [2.24, 2.45) is 11.7 Å². The second-order valence-corrected chi connectivity index (χ2v) is 7.05. The van der Waals surface area contributed by atoms with Gasteiger partial charge in [0.15, 0.2) is 0 Å². The van der Waals surface area contributed by atoms with Gasteiger partial charge in [-0.3, -0.25) is 0 Å². The zero-order chi connectivity index (χ0) is 14.2. The summed E-state index contributed by atoms with van der Waals surface area (Å²) in [5.41, 5.74) is 6.75. The van der Waals surface area contributed by atoms with E-state index in [1.807, 2.05) is 13.8 Å². The van der Waals surface area contributed by atoms with Crippen molar-refractivity contribution >= 4 is 17.3 Å². The standard InChI is InChI=1S/C14H22N2O2S/c1-8(2)10-11(12(17)18)19-13(16-10)14(15)6-4-5-9(3)7-14/h8-9H,4-7,15H2,1-3H3,(H,17,18). The number of rotatable bonds is 3. The predicted octanol–water partition coefficient (Wildman–Crippen LogP) is 3.33. The molecule has 0 bridgehead atoms. The molecule has 0 radical (unpaired) electrons. The summed E-state index contributed by atoms with van der Waals surface area (Å²) in [5.74, 6) is -0.195. The smallest absolute Gasteiger partial charge is 0.347 e. The molecule has 106 valence electrons. The van der Waals surface area contributed by atoms with Gasteiger partial charge in [0, 0.05) is 0 Å². The Labute approximate surface area is 118 Å². The summed E-state index contributed by atoms with van der Waals surface area (Å²) < 4.78 is 0. The normalized spacial score (nSPS) is 27.7. The number of nitrogens with zero attached hydrogens (tertiary/aromatic N) is 1. The summed E-state index contributed by atoms with van der Waals surface area (Å²) in [4.78, 5) is 16.2. The monoisotopic (exact) mass is 282 g/mol. The third-order valence-electron chi connectivity index (χ3n) is 3.85. The maximum Gasteiger partial charge on any atom is 0.347 e. The molecule has 1 aliphatic carbocycles. The number of nitrogens with two attached hydrogens (primary N) is 1. The van der Waals surface area contributed by atoms with Crippen LogP contribution >= 0.6 is 11.3 Å². The number of hydrogen-bond acceptors (Lipinski definition) is 4. The molecule has 3 N–H and O–H groups in total. The van der Waals surface area contributed by atoms with Gasteiger partial charge in [0.1, 0.15) is 9.88 Å². The van der Waals surface area contributed by atoms with E-state index in [0.29, 0.717) is 16.5 Å². The van der Waals surface area contributed by atoms with Gasteiger partial charge in [0.2, 0.25) is 0 Å². The Bertz CT molecular complexity index is 484. The number of carboxylic acid groups (broad SMARTS) is 1. The van der Waals surface area contributed by atoms with E-state index in [-0.39, 0.29) is 5.92 Å². The van der Waals surface area contributed by atoms with Crippen LogP contribution < -0.4 is 5.73 Å². The highest BCUT2D eigenvalue weighted by Crippen LogP contribution is 2.41. The number of carboxylic acids is 1. The molecule has 0 amide bonds. The van der Waals surface area contributed by atoms with Gasteiger partial charge < -0.3 is 10.8 Å². The average Bonchev–Trinajstić information content (AvgIpc) is 2.74. The van der Waals surface area contributed by atoms with Gasteiger partial charge in [-0.05, 0) is 24.7 Å². The van der Waals surface area contributed by atoms with E-state index in [1.165, 1.54) is 17.8 Å². The fourth-order valence-electron chi connectivity index (χ4n) is 2.88. The van der Waals surface area contributed by atoms with Crippen LogP contribution in [0.15, 0.2) is 0 Å². The molecule has 2 unspecified atom stereocenters. The molecule has 0 aliphatic heterocycles. The summed E-state index contributed by atoms with van der Waals surface area (Å²) in [5, 5.41) is 10.1. The van der Waals surface area contributed by atoms with Crippen molar-refractivity contribution in [1.29, 1.82) is 0 Å². The molecule has 1 aromatic heterocycles. The van der Waals surface area contributed by atoms with Crippen molar-refractivity contribution in [3.8, 4) is 0 Å². The van der Waals surface area contributed by atoms with E-state index >= 15 is 0 Å². The molecule has 0 aromatic carbocycles. The molecule has 1 aliphatic rings. The lowest BCUT2D eigenvalue weighted by Crippen LogP contribution is -2.40. The van der Waals surface area contributed by atoms with E-state index in [0.717, 1.165) is 24.3 Å². The third kappa shape index (κ3) is 2.82. The lowest BCUT2D eigenvalue weighted by molar-refractivity contribution is 0.0700. The number of hydrogen-bond donors (Lipinski definition) is 2. The largest absolute Gasteiger partial charge is 0.477 e. The van der Waals surface area contributed by atoms with E-state index in [1.54, 1.807) is 0 Å². The molecule has 2 rings (SSSR count). The molecule has 1 aromatic rings. The van der Waals surface area contributed by atoms with Gasteiger partial charge >= 0.3 is 5.97 Å². The Morgan fingerprint density at radius 1 is 1.58 bits per heavy atom. The van der Waals surface area contributed by atoms with Gasteiger partial charge in [-0.2, -0.15) is 0 Å². The molecular weight excluding hydrogens is 260 g/mol. The summed E-state index contributed by atoms with van der Waals surface area (Å²) in [6.45, 7) is 6.14. The molecule has 1 heterocycles. The molecule has 4 nitrogen and oxygen atoms in total. The Morgan fingerprint density at radius 2 is 2.26 bits per heavy atom. The lowest BCUT2D eigenvalue weighted by Gasteiger charge is -2.35. The van der Waals surface area contributed by atoms with E-state index in [2.05, 4.69) is 11.9 Å². The quantitative estimate of drug-likeness (QED) is 0.891. The van der Waals surface area contributed by atoms with E-state index < -0.39 is 11.5 Å².